The highest BCUT2D eigenvalue weighted by molar-refractivity contribution is 5.91. The van der Waals surface area contributed by atoms with Crippen molar-refractivity contribution in [3.8, 4) is 0 Å². The molecule has 1 aromatic carbocycles. The summed E-state index contributed by atoms with van der Waals surface area (Å²) in [7, 11) is 0. The highest BCUT2D eigenvalue weighted by Gasteiger charge is 2.07. The molecule has 0 atom stereocenters. The number of nitrogens with zero attached hydrogens (tertiary/aromatic N) is 1. The number of nitrogens with one attached hydrogen (secondary N) is 2. The second-order valence-electron chi connectivity index (χ2n) is 5.52. The number of carbonyl (C=O) groups is 1. The van der Waals surface area contributed by atoms with E-state index in [-0.39, 0.29) is 5.91 Å². The van der Waals surface area contributed by atoms with E-state index in [1.165, 1.54) is 0 Å². The smallest absolute Gasteiger partial charge is 0.229 e. The molecule has 0 radical (unpaired) electrons. The van der Waals surface area contributed by atoms with Crippen LogP contribution in [0.1, 0.15) is 16.9 Å². The molecule has 0 aliphatic carbocycles. The largest absolute Gasteiger partial charge is 0.467 e. The van der Waals surface area contributed by atoms with Crippen LogP contribution in [-0.4, -0.2) is 10.9 Å². The van der Waals surface area contributed by atoms with Gasteiger partial charge in [0.1, 0.15) is 11.6 Å². The Labute approximate surface area is 140 Å². The number of amides is 1. The molecular weight excluding hydrogens is 302 g/mol. The van der Waals surface area contributed by atoms with E-state index >= 15 is 0 Å². The molecule has 0 spiro atoms. The summed E-state index contributed by atoms with van der Waals surface area (Å²) in [6.07, 6.45) is 3.67. The van der Waals surface area contributed by atoms with Crippen molar-refractivity contribution in [1.29, 1.82) is 0 Å². The van der Waals surface area contributed by atoms with Gasteiger partial charge in [0, 0.05) is 0 Å². The van der Waals surface area contributed by atoms with Crippen LogP contribution in [0.5, 0.6) is 0 Å². The number of pyridine rings is 1. The van der Waals surface area contributed by atoms with Crippen molar-refractivity contribution in [2.45, 2.75) is 19.9 Å². The molecule has 24 heavy (non-hydrogen) atoms. The molecule has 0 aliphatic rings. The first kappa shape index (κ1) is 15.8. The van der Waals surface area contributed by atoms with Crippen molar-refractivity contribution in [1.82, 2.24) is 4.98 Å². The number of carbonyl (C=O) groups excluding carboxylic acids is 1. The fraction of sp³-hybridized carbons (Fsp3) is 0.158. The monoisotopic (exact) mass is 321 g/mol. The molecule has 0 aliphatic heterocycles. The molecule has 3 aromatic rings. The SMILES string of the molecule is Cc1ccccc1CC(=O)Nc1ccc(NCc2ccco2)cn1. The van der Waals surface area contributed by atoms with Crippen LogP contribution < -0.4 is 10.6 Å². The van der Waals surface area contributed by atoms with Crippen molar-refractivity contribution in [3.05, 3.63) is 77.9 Å². The number of rotatable bonds is 6. The summed E-state index contributed by atoms with van der Waals surface area (Å²) in [5, 5.41) is 6.02. The van der Waals surface area contributed by atoms with Crippen LogP contribution in [0, 0.1) is 6.92 Å². The third-order valence-corrected chi connectivity index (χ3v) is 3.69. The molecule has 2 aromatic heterocycles. The van der Waals surface area contributed by atoms with Gasteiger partial charge in [-0.2, -0.15) is 0 Å². The van der Waals surface area contributed by atoms with E-state index in [1.807, 2.05) is 49.4 Å². The van der Waals surface area contributed by atoms with Gasteiger partial charge >= 0.3 is 0 Å². The van der Waals surface area contributed by atoms with Crippen LogP contribution in [-0.2, 0) is 17.8 Å². The van der Waals surface area contributed by atoms with Crippen LogP contribution in [0.4, 0.5) is 11.5 Å². The number of aromatic nitrogens is 1. The third kappa shape index (κ3) is 4.23. The Morgan fingerprint density at radius 2 is 2.00 bits per heavy atom. The van der Waals surface area contributed by atoms with E-state index in [4.69, 9.17) is 4.42 Å². The lowest BCUT2D eigenvalue weighted by atomic mass is 10.1. The maximum atomic E-state index is 12.1. The zero-order valence-electron chi connectivity index (χ0n) is 13.5. The van der Waals surface area contributed by atoms with Crippen LogP contribution >= 0.6 is 0 Å². The molecular formula is C19H19N3O2. The van der Waals surface area contributed by atoms with Crippen molar-refractivity contribution in [3.63, 3.8) is 0 Å². The highest BCUT2D eigenvalue weighted by Crippen LogP contribution is 2.13. The maximum Gasteiger partial charge on any atom is 0.229 e. The van der Waals surface area contributed by atoms with Gasteiger partial charge in [-0.05, 0) is 42.3 Å². The second-order valence-corrected chi connectivity index (χ2v) is 5.52. The summed E-state index contributed by atoms with van der Waals surface area (Å²) >= 11 is 0. The molecule has 122 valence electrons. The van der Waals surface area contributed by atoms with Crippen LogP contribution in [0.25, 0.3) is 0 Å². The Morgan fingerprint density at radius 3 is 2.71 bits per heavy atom. The topological polar surface area (TPSA) is 67.2 Å². The van der Waals surface area contributed by atoms with Gasteiger partial charge in [0.15, 0.2) is 0 Å². The quantitative estimate of drug-likeness (QED) is 0.725. The van der Waals surface area contributed by atoms with Gasteiger partial charge in [0.05, 0.1) is 31.1 Å². The van der Waals surface area contributed by atoms with E-state index in [1.54, 1.807) is 18.5 Å². The van der Waals surface area contributed by atoms with E-state index in [9.17, 15) is 4.79 Å². The van der Waals surface area contributed by atoms with Gasteiger partial charge in [0.25, 0.3) is 0 Å². The summed E-state index contributed by atoms with van der Waals surface area (Å²) in [6, 6.07) is 15.3. The first-order valence-electron chi connectivity index (χ1n) is 7.77. The third-order valence-electron chi connectivity index (χ3n) is 3.69. The number of aryl methyl sites for hydroxylation is 1. The van der Waals surface area contributed by atoms with Gasteiger partial charge in [-0.25, -0.2) is 4.98 Å². The molecule has 5 heteroatoms. The average Bonchev–Trinajstić information content (AvgIpc) is 3.10. The zero-order valence-corrected chi connectivity index (χ0v) is 13.5. The van der Waals surface area contributed by atoms with Crippen molar-refractivity contribution < 1.29 is 9.21 Å². The molecule has 0 fully saturated rings. The normalized spacial score (nSPS) is 10.4. The molecule has 1 amide bonds. The maximum absolute atomic E-state index is 12.1. The minimum absolute atomic E-state index is 0.0758. The van der Waals surface area contributed by atoms with Gasteiger partial charge in [-0.3, -0.25) is 4.79 Å². The average molecular weight is 321 g/mol. The fourth-order valence-electron chi connectivity index (χ4n) is 2.34. The van der Waals surface area contributed by atoms with Crippen molar-refractivity contribution in [2.24, 2.45) is 0 Å². The summed E-state index contributed by atoms with van der Waals surface area (Å²) in [4.78, 5) is 16.4. The summed E-state index contributed by atoms with van der Waals surface area (Å²) in [6.45, 7) is 2.59. The Kier molecular flexibility index (Phi) is 4.91. The summed E-state index contributed by atoms with van der Waals surface area (Å²) in [5.74, 6) is 1.32. The lowest BCUT2D eigenvalue weighted by molar-refractivity contribution is -0.115. The predicted molar refractivity (Wildman–Crippen MR) is 93.8 cm³/mol. The van der Waals surface area contributed by atoms with Crippen molar-refractivity contribution in [2.75, 3.05) is 10.6 Å². The first-order chi connectivity index (χ1) is 11.7. The molecule has 5 nitrogen and oxygen atoms in total. The van der Waals surface area contributed by atoms with Crippen LogP contribution in [0.15, 0.2) is 65.4 Å². The highest BCUT2D eigenvalue weighted by atomic mass is 16.3. The molecule has 3 rings (SSSR count). The molecule has 0 unspecified atom stereocenters. The second kappa shape index (κ2) is 7.46. The van der Waals surface area contributed by atoms with Gasteiger partial charge < -0.3 is 15.1 Å². The number of anilines is 2. The Balaban J connectivity index is 1.54. The van der Waals surface area contributed by atoms with E-state index in [2.05, 4.69) is 15.6 Å². The number of benzene rings is 1. The number of hydrogen-bond donors (Lipinski definition) is 2. The lowest BCUT2D eigenvalue weighted by Gasteiger charge is -2.08. The Bertz CT molecular complexity index is 796. The molecule has 2 N–H and O–H groups in total. The van der Waals surface area contributed by atoms with Crippen LogP contribution in [0.2, 0.25) is 0 Å². The van der Waals surface area contributed by atoms with Gasteiger partial charge in [-0.1, -0.05) is 24.3 Å². The van der Waals surface area contributed by atoms with Crippen molar-refractivity contribution >= 4 is 17.4 Å². The molecule has 0 bridgehead atoms. The Hall–Kier alpha value is -3.08. The van der Waals surface area contributed by atoms with Crippen LogP contribution in [0.3, 0.4) is 0 Å². The summed E-state index contributed by atoms with van der Waals surface area (Å²) < 4.78 is 5.26. The lowest BCUT2D eigenvalue weighted by Crippen LogP contribution is -2.15. The predicted octanol–water partition coefficient (Wildman–Crippen LogP) is 3.78. The van der Waals surface area contributed by atoms with Gasteiger partial charge in [-0.15, -0.1) is 0 Å². The van der Waals surface area contributed by atoms with Gasteiger partial charge in [0.2, 0.25) is 5.91 Å². The Morgan fingerprint density at radius 1 is 1.12 bits per heavy atom. The van der Waals surface area contributed by atoms with E-state index in [0.717, 1.165) is 22.6 Å². The molecule has 2 heterocycles. The standard InChI is InChI=1S/C19H19N3O2/c1-14-5-2-3-6-15(14)11-19(23)22-18-9-8-16(12-21-18)20-13-17-7-4-10-24-17/h2-10,12,20H,11,13H2,1H3,(H,21,22,23). The molecule has 0 saturated heterocycles. The number of furan rings is 1. The zero-order chi connectivity index (χ0) is 16.8. The van der Waals surface area contributed by atoms with E-state index < -0.39 is 0 Å². The summed E-state index contributed by atoms with van der Waals surface area (Å²) in [5.41, 5.74) is 2.99. The minimum atomic E-state index is -0.0758. The fourth-order valence-corrected chi connectivity index (χ4v) is 2.34. The minimum Gasteiger partial charge on any atom is -0.467 e. The van der Waals surface area contributed by atoms with E-state index in [0.29, 0.717) is 18.8 Å². The molecule has 0 saturated carbocycles. The number of hydrogen-bond acceptors (Lipinski definition) is 4. The first-order valence-corrected chi connectivity index (χ1v) is 7.77.